The van der Waals surface area contributed by atoms with Crippen molar-refractivity contribution in [3.8, 4) is 6.19 Å². The Labute approximate surface area is 154 Å². The predicted molar refractivity (Wildman–Crippen MR) is 99.4 cm³/mol. The summed E-state index contributed by atoms with van der Waals surface area (Å²) in [6.45, 7) is 1.75. The van der Waals surface area contributed by atoms with Crippen molar-refractivity contribution in [2.75, 3.05) is 32.6 Å². The molecule has 7 nitrogen and oxygen atoms in total. The van der Waals surface area contributed by atoms with Crippen LogP contribution < -0.4 is 10.9 Å². The van der Waals surface area contributed by atoms with Crippen LogP contribution in [0.25, 0.3) is 10.9 Å². The van der Waals surface area contributed by atoms with Gasteiger partial charge in [0.2, 0.25) is 5.95 Å². The van der Waals surface area contributed by atoms with Gasteiger partial charge in [-0.15, -0.1) is 0 Å². The van der Waals surface area contributed by atoms with Crippen molar-refractivity contribution in [2.45, 2.75) is 24.9 Å². The smallest absolute Gasteiger partial charge is 0.262 e. The molecule has 2 heterocycles. The van der Waals surface area contributed by atoms with Crippen LogP contribution in [0.3, 0.4) is 0 Å². The molecule has 1 N–H and O–H groups in total. The van der Waals surface area contributed by atoms with Gasteiger partial charge < -0.3 is 9.64 Å². The van der Waals surface area contributed by atoms with Crippen LogP contribution in [0.1, 0.15) is 12.8 Å². The molecule has 0 atom stereocenters. The molecular weight excluding hydrogens is 386 g/mol. The maximum absolute atomic E-state index is 13.1. The highest BCUT2D eigenvalue weighted by Crippen LogP contribution is 2.29. The molecule has 0 saturated carbocycles. The first-order valence-electron chi connectivity index (χ1n) is 8.07. The molecule has 3 rings (SSSR count). The number of nitrogens with one attached hydrogen (secondary N) is 1. The highest BCUT2D eigenvalue weighted by molar-refractivity contribution is 9.10. The maximum Gasteiger partial charge on any atom is 0.262 e. The highest BCUT2D eigenvalue weighted by Gasteiger charge is 2.36. The molecule has 0 unspecified atom stereocenters. The summed E-state index contributed by atoms with van der Waals surface area (Å²) in [5.41, 5.74) is 0.194. The van der Waals surface area contributed by atoms with Crippen LogP contribution in [-0.4, -0.2) is 47.3 Å². The van der Waals surface area contributed by atoms with Crippen LogP contribution >= 0.6 is 15.9 Å². The van der Waals surface area contributed by atoms with E-state index in [9.17, 15) is 4.79 Å². The predicted octanol–water partition coefficient (Wildman–Crippen LogP) is 2.16. The highest BCUT2D eigenvalue weighted by atomic mass is 79.9. The van der Waals surface area contributed by atoms with Gasteiger partial charge in [0, 0.05) is 29.8 Å². The summed E-state index contributed by atoms with van der Waals surface area (Å²) < 4.78 is 7.89. The van der Waals surface area contributed by atoms with E-state index < -0.39 is 0 Å². The van der Waals surface area contributed by atoms with Gasteiger partial charge in [-0.1, -0.05) is 15.9 Å². The second-order valence-corrected chi connectivity index (χ2v) is 7.37. The number of fused-ring (bicyclic) bond motifs is 1. The van der Waals surface area contributed by atoms with Gasteiger partial charge in [-0.05, 0) is 45.1 Å². The molecule has 132 valence electrons. The zero-order chi connectivity index (χ0) is 18.0. The first-order valence-corrected chi connectivity index (χ1v) is 8.86. The minimum absolute atomic E-state index is 0.156. The summed E-state index contributed by atoms with van der Waals surface area (Å²) in [6.07, 6.45) is 3.52. The molecule has 8 heteroatoms. The molecule has 1 fully saturated rings. The van der Waals surface area contributed by atoms with Crippen LogP contribution in [0, 0.1) is 11.5 Å². The lowest BCUT2D eigenvalue weighted by Gasteiger charge is -2.43. The summed E-state index contributed by atoms with van der Waals surface area (Å²) in [4.78, 5) is 19.7. The topological polar surface area (TPSA) is 83.2 Å². The molecule has 1 aromatic carbocycles. The van der Waals surface area contributed by atoms with Crippen molar-refractivity contribution in [3.05, 3.63) is 33.0 Å². The lowest BCUT2D eigenvalue weighted by atomic mass is 9.88. The van der Waals surface area contributed by atoms with Crippen LogP contribution in [0.15, 0.2) is 27.5 Å². The van der Waals surface area contributed by atoms with Crippen molar-refractivity contribution >= 4 is 32.8 Å². The third kappa shape index (κ3) is 3.40. The molecule has 1 aliphatic heterocycles. The number of hydrogen-bond acceptors (Lipinski definition) is 6. The molecule has 0 radical (unpaired) electrons. The molecule has 0 aliphatic carbocycles. The number of hydrogen-bond donors (Lipinski definition) is 1. The molecule has 2 aromatic rings. The summed E-state index contributed by atoms with van der Waals surface area (Å²) in [5.74, 6) is 0.273. The second-order valence-electron chi connectivity index (χ2n) is 6.46. The number of nitriles is 1. The number of halogens is 1. The fourth-order valence-electron chi connectivity index (χ4n) is 3.28. The van der Waals surface area contributed by atoms with E-state index in [1.807, 2.05) is 26.4 Å². The Bertz CT molecular complexity index is 881. The lowest BCUT2D eigenvalue weighted by molar-refractivity contribution is -0.0168. The molecule has 1 aliphatic rings. The van der Waals surface area contributed by atoms with E-state index in [0.29, 0.717) is 30.7 Å². The lowest BCUT2D eigenvalue weighted by Crippen LogP contribution is -2.53. The van der Waals surface area contributed by atoms with Gasteiger partial charge in [-0.3, -0.25) is 14.7 Å². The Hall–Kier alpha value is -1.95. The number of rotatable bonds is 4. The molecule has 0 bridgehead atoms. The minimum Gasteiger partial charge on any atom is -0.381 e. The minimum atomic E-state index is -0.213. The fourth-order valence-corrected chi connectivity index (χ4v) is 3.64. The van der Waals surface area contributed by atoms with Crippen LogP contribution in [0.5, 0.6) is 0 Å². The summed E-state index contributed by atoms with van der Waals surface area (Å²) in [7, 11) is 4.03. The third-order valence-electron chi connectivity index (χ3n) is 4.91. The number of benzene rings is 1. The fraction of sp³-hybridized carbons (Fsp3) is 0.471. The average Bonchev–Trinajstić information content (AvgIpc) is 2.60. The first kappa shape index (κ1) is 17.9. The van der Waals surface area contributed by atoms with Gasteiger partial charge in [0.1, 0.15) is 0 Å². The largest absolute Gasteiger partial charge is 0.381 e. The summed E-state index contributed by atoms with van der Waals surface area (Å²) in [6, 6.07) is 5.36. The Morgan fingerprint density at radius 2 is 2.16 bits per heavy atom. The van der Waals surface area contributed by atoms with Gasteiger partial charge >= 0.3 is 0 Å². The normalized spacial score (nSPS) is 16.8. The Balaban J connectivity index is 2.16. The summed E-state index contributed by atoms with van der Waals surface area (Å²) in [5, 5.41) is 12.2. The Morgan fingerprint density at radius 3 is 2.80 bits per heavy atom. The van der Waals surface area contributed by atoms with Gasteiger partial charge in [0.25, 0.3) is 5.56 Å². The molecule has 0 amide bonds. The zero-order valence-electron chi connectivity index (χ0n) is 14.3. The average molecular weight is 406 g/mol. The Morgan fingerprint density at radius 1 is 1.44 bits per heavy atom. The number of nitrogens with zero attached hydrogens (tertiary/aromatic N) is 4. The number of aromatic nitrogens is 2. The first-order chi connectivity index (χ1) is 12.0. The van der Waals surface area contributed by atoms with Gasteiger partial charge in [0.05, 0.1) is 10.9 Å². The third-order valence-corrected chi connectivity index (χ3v) is 5.40. The van der Waals surface area contributed by atoms with Crippen LogP contribution in [-0.2, 0) is 11.3 Å². The number of ether oxygens (including phenoxy) is 1. The molecule has 0 spiro atoms. The molecule has 1 saturated heterocycles. The van der Waals surface area contributed by atoms with Crippen molar-refractivity contribution in [1.82, 2.24) is 14.5 Å². The zero-order valence-corrected chi connectivity index (χ0v) is 15.8. The van der Waals surface area contributed by atoms with Crippen LogP contribution in [0.2, 0.25) is 0 Å². The van der Waals surface area contributed by atoms with E-state index in [2.05, 4.69) is 31.1 Å². The monoisotopic (exact) mass is 405 g/mol. The van der Waals surface area contributed by atoms with E-state index in [0.717, 1.165) is 17.3 Å². The van der Waals surface area contributed by atoms with Gasteiger partial charge in [0.15, 0.2) is 6.19 Å². The molecule has 25 heavy (non-hydrogen) atoms. The maximum atomic E-state index is 13.1. The number of likely N-dealkylation sites (N-methyl/N-ethyl adjacent to an activating group) is 1. The molecule has 1 aromatic heterocycles. The van der Waals surface area contributed by atoms with Crippen molar-refractivity contribution in [3.63, 3.8) is 0 Å². The van der Waals surface area contributed by atoms with Crippen molar-refractivity contribution < 1.29 is 4.74 Å². The van der Waals surface area contributed by atoms with Gasteiger partial charge in [-0.25, -0.2) is 4.98 Å². The Kier molecular flexibility index (Phi) is 5.08. The standard InChI is InChI=1S/C17H20BrN5O2/c1-22(2)17(5-7-25-8-6-17)10-23-15(24)13-9-12(18)3-4-14(13)21-16(23)20-11-19/h3-4,9H,5-8,10H2,1-2H3,(H,20,21). The number of anilines is 1. The van der Waals surface area contributed by atoms with E-state index in [1.54, 1.807) is 16.7 Å². The SMILES string of the molecule is CN(C)C1(Cn2c(NC#N)nc3ccc(Br)cc3c2=O)CCOCC1. The van der Waals surface area contributed by atoms with E-state index in [1.165, 1.54) is 0 Å². The van der Waals surface area contributed by atoms with Crippen molar-refractivity contribution in [1.29, 1.82) is 5.26 Å². The van der Waals surface area contributed by atoms with E-state index >= 15 is 0 Å². The quantitative estimate of drug-likeness (QED) is 0.619. The molecular formula is C17H20BrN5O2. The second kappa shape index (κ2) is 7.12. The van der Waals surface area contributed by atoms with Crippen LogP contribution in [0.4, 0.5) is 5.95 Å². The summed E-state index contributed by atoms with van der Waals surface area (Å²) >= 11 is 3.40. The van der Waals surface area contributed by atoms with E-state index in [-0.39, 0.29) is 17.0 Å². The van der Waals surface area contributed by atoms with E-state index in [4.69, 9.17) is 10.00 Å². The van der Waals surface area contributed by atoms with Crippen molar-refractivity contribution in [2.24, 2.45) is 0 Å². The van der Waals surface area contributed by atoms with Gasteiger partial charge in [-0.2, -0.15) is 5.26 Å².